The van der Waals surface area contributed by atoms with Crippen molar-refractivity contribution in [1.29, 1.82) is 0 Å². The summed E-state index contributed by atoms with van der Waals surface area (Å²) >= 11 is 1.80. The summed E-state index contributed by atoms with van der Waals surface area (Å²) in [6.07, 6.45) is 5.67. The first-order valence-electron chi connectivity index (χ1n) is 6.72. The van der Waals surface area contributed by atoms with Crippen molar-refractivity contribution in [3.8, 4) is 0 Å². The highest BCUT2D eigenvalue weighted by Gasteiger charge is 2.41. The summed E-state index contributed by atoms with van der Waals surface area (Å²) in [5.74, 6) is 1.60. The van der Waals surface area contributed by atoms with Crippen LogP contribution in [0.5, 0.6) is 0 Å². The third-order valence-corrected chi connectivity index (χ3v) is 4.45. The van der Waals surface area contributed by atoms with E-state index in [9.17, 15) is 9.59 Å². The van der Waals surface area contributed by atoms with E-state index >= 15 is 0 Å². The number of carbonyl (C=O) groups is 2. The van der Waals surface area contributed by atoms with Crippen LogP contribution in [0.2, 0.25) is 0 Å². The monoisotopic (exact) mass is 270 g/mol. The molecular weight excluding hydrogens is 248 g/mol. The van der Waals surface area contributed by atoms with Crippen molar-refractivity contribution in [2.24, 2.45) is 5.92 Å². The minimum Gasteiger partial charge on any atom is -0.344 e. The average molecular weight is 270 g/mol. The second kappa shape index (κ2) is 5.95. The van der Waals surface area contributed by atoms with Gasteiger partial charge < -0.3 is 10.2 Å². The topological polar surface area (TPSA) is 49.4 Å². The van der Waals surface area contributed by atoms with Gasteiger partial charge in [0.1, 0.15) is 6.04 Å². The predicted octanol–water partition coefficient (Wildman–Crippen LogP) is 1.26. The molecule has 2 aliphatic rings. The number of amides is 2. The first-order valence-corrected chi connectivity index (χ1v) is 8.11. The number of carbonyl (C=O) groups excluding carboxylic acids is 2. The summed E-state index contributed by atoms with van der Waals surface area (Å²) in [4.78, 5) is 26.1. The minimum absolute atomic E-state index is 0.0276. The van der Waals surface area contributed by atoms with E-state index in [-0.39, 0.29) is 23.9 Å². The zero-order valence-electron chi connectivity index (χ0n) is 11.1. The van der Waals surface area contributed by atoms with Crippen LogP contribution in [-0.4, -0.2) is 47.4 Å². The molecule has 2 amide bonds. The Morgan fingerprint density at radius 1 is 1.44 bits per heavy atom. The molecule has 18 heavy (non-hydrogen) atoms. The standard InChI is InChI=1S/C13H22N2O2S/c1-9(6-8-18-2)15-7-5-11(16)14-12(13(15)17)10-3-4-10/h9-10,12H,3-8H2,1-2H3,(H,14,16). The highest BCUT2D eigenvalue weighted by Crippen LogP contribution is 2.34. The van der Waals surface area contributed by atoms with Gasteiger partial charge in [-0.3, -0.25) is 9.59 Å². The first kappa shape index (κ1) is 13.7. The Balaban J connectivity index is 2.03. The molecule has 0 spiro atoms. The lowest BCUT2D eigenvalue weighted by atomic mass is 10.1. The van der Waals surface area contributed by atoms with E-state index in [1.807, 2.05) is 4.90 Å². The maximum atomic E-state index is 12.5. The highest BCUT2D eigenvalue weighted by molar-refractivity contribution is 7.98. The Morgan fingerprint density at radius 2 is 2.17 bits per heavy atom. The summed E-state index contributed by atoms with van der Waals surface area (Å²) in [5.41, 5.74) is 0. The second-order valence-electron chi connectivity index (χ2n) is 5.29. The van der Waals surface area contributed by atoms with Gasteiger partial charge in [0, 0.05) is 19.0 Å². The normalized spacial score (nSPS) is 26.8. The number of hydrogen-bond donors (Lipinski definition) is 1. The van der Waals surface area contributed by atoms with Gasteiger partial charge >= 0.3 is 0 Å². The van der Waals surface area contributed by atoms with Gasteiger partial charge in [-0.2, -0.15) is 11.8 Å². The largest absolute Gasteiger partial charge is 0.344 e. The molecule has 5 heteroatoms. The van der Waals surface area contributed by atoms with E-state index in [1.165, 1.54) is 0 Å². The molecule has 1 N–H and O–H groups in total. The van der Waals surface area contributed by atoms with Gasteiger partial charge in [0.2, 0.25) is 11.8 Å². The van der Waals surface area contributed by atoms with Gasteiger partial charge in [0.05, 0.1) is 0 Å². The number of rotatable bonds is 5. The van der Waals surface area contributed by atoms with Crippen molar-refractivity contribution in [3.63, 3.8) is 0 Å². The van der Waals surface area contributed by atoms with Crippen LogP contribution < -0.4 is 5.32 Å². The summed E-state index contributed by atoms with van der Waals surface area (Å²) < 4.78 is 0. The quantitative estimate of drug-likeness (QED) is 0.818. The maximum Gasteiger partial charge on any atom is 0.245 e. The molecule has 1 aliphatic carbocycles. The first-order chi connectivity index (χ1) is 8.63. The molecule has 2 rings (SSSR count). The molecule has 1 aliphatic heterocycles. The third kappa shape index (κ3) is 3.19. The smallest absolute Gasteiger partial charge is 0.245 e. The molecule has 0 aromatic heterocycles. The average Bonchev–Trinajstić information content (AvgIpc) is 3.16. The Hall–Kier alpha value is -0.710. The highest BCUT2D eigenvalue weighted by atomic mass is 32.2. The molecule has 2 unspecified atom stereocenters. The van der Waals surface area contributed by atoms with Crippen LogP contribution in [0, 0.1) is 5.92 Å². The van der Waals surface area contributed by atoms with Crippen LogP contribution in [0.1, 0.15) is 32.6 Å². The summed E-state index contributed by atoms with van der Waals surface area (Å²) in [6.45, 7) is 2.66. The molecule has 1 heterocycles. The van der Waals surface area contributed by atoms with Gasteiger partial charge in [-0.05, 0) is 44.1 Å². The molecule has 102 valence electrons. The van der Waals surface area contributed by atoms with Crippen molar-refractivity contribution in [2.75, 3.05) is 18.6 Å². The van der Waals surface area contributed by atoms with Crippen LogP contribution in [0.15, 0.2) is 0 Å². The summed E-state index contributed by atoms with van der Waals surface area (Å²) in [5, 5.41) is 2.90. The summed E-state index contributed by atoms with van der Waals surface area (Å²) in [6, 6.07) is -0.0179. The van der Waals surface area contributed by atoms with Gasteiger partial charge in [0.15, 0.2) is 0 Å². The number of hydrogen-bond acceptors (Lipinski definition) is 3. The van der Waals surface area contributed by atoms with Gasteiger partial charge in [-0.1, -0.05) is 0 Å². The van der Waals surface area contributed by atoms with E-state index in [4.69, 9.17) is 0 Å². The number of nitrogens with zero attached hydrogens (tertiary/aromatic N) is 1. The van der Waals surface area contributed by atoms with Crippen LogP contribution >= 0.6 is 11.8 Å². The molecule has 0 aromatic carbocycles. The fourth-order valence-corrected chi connectivity index (χ4v) is 3.03. The van der Waals surface area contributed by atoms with E-state index in [0.29, 0.717) is 18.9 Å². The fraction of sp³-hybridized carbons (Fsp3) is 0.846. The van der Waals surface area contributed by atoms with Crippen LogP contribution in [-0.2, 0) is 9.59 Å². The summed E-state index contributed by atoms with van der Waals surface area (Å²) in [7, 11) is 0. The van der Waals surface area contributed by atoms with Crippen LogP contribution in [0.4, 0.5) is 0 Å². The van der Waals surface area contributed by atoms with E-state index in [1.54, 1.807) is 11.8 Å². The van der Waals surface area contributed by atoms with Gasteiger partial charge in [-0.25, -0.2) is 0 Å². The van der Waals surface area contributed by atoms with E-state index in [2.05, 4.69) is 18.5 Å². The van der Waals surface area contributed by atoms with Crippen molar-refractivity contribution < 1.29 is 9.59 Å². The van der Waals surface area contributed by atoms with Gasteiger partial charge in [0.25, 0.3) is 0 Å². The Kier molecular flexibility index (Phi) is 4.54. The molecule has 2 atom stereocenters. The molecule has 1 saturated carbocycles. The second-order valence-corrected chi connectivity index (χ2v) is 6.28. The zero-order chi connectivity index (χ0) is 13.1. The van der Waals surface area contributed by atoms with Crippen molar-refractivity contribution >= 4 is 23.6 Å². The Labute approximate surface area is 113 Å². The SMILES string of the molecule is CSCCC(C)N1CCC(=O)NC(C2CC2)C1=O. The zero-order valence-corrected chi connectivity index (χ0v) is 12.0. The molecule has 0 aromatic rings. The van der Waals surface area contributed by atoms with E-state index < -0.39 is 0 Å². The lowest BCUT2D eigenvalue weighted by Gasteiger charge is -2.30. The lowest BCUT2D eigenvalue weighted by molar-refractivity contribution is -0.135. The molecular formula is C13H22N2O2S. The number of nitrogens with one attached hydrogen (secondary N) is 1. The molecule has 0 bridgehead atoms. The van der Waals surface area contributed by atoms with Crippen molar-refractivity contribution in [1.82, 2.24) is 10.2 Å². The molecule has 1 saturated heterocycles. The lowest BCUT2D eigenvalue weighted by Crippen LogP contribution is -2.48. The third-order valence-electron chi connectivity index (χ3n) is 3.81. The molecule has 2 fully saturated rings. The molecule has 0 radical (unpaired) electrons. The van der Waals surface area contributed by atoms with Crippen molar-refractivity contribution in [3.05, 3.63) is 0 Å². The van der Waals surface area contributed by atoms with E-state index in [0.717, 1.165) is 25.0 Å². The van der Waals surface area contributed by atoms with Gasteiger partial charge in [-0.15, -0.1) is 0 Å². The molecule has 4 nitrogen and oxygen atoms in total. The fourth-order valence-electron chi connectivity index (χ4n) is 2.45. The Bertz CT molecular complexity index is 331. The predicted molar refractivity (Wildman–Crippen MR) is 73.4 cm³/mol. The minimum atomic E-state index is -0.253. The van der Waals surface area contributed by atoms with Crippen LogP contribution in [0.25, 0.3) is 0 Å². The van der Waals surface area contributed by atoms with Crippen molar-refractivity contribution in [2.45, 2.75) is 44.7 Å². The van der Waals surface area contributed by atoms with Crippen LogP contribution in [0.3, 0.4) is 0 Å². The number of thioether (sulfide) groups is 1. The maximum absolute atomic E-state index is 12.5. The Morgan fingerprint density at radius 3 is 2.78 bits per heavy atom.